The van der Waals surface area contributed by atoms with E-state index in [-0.39, 0.29) is 5.92 Å². The molecule has 0 spiro atoms. The highest BCUT2D eigenvalue weighted by Crippen LogP contribution is 2.22. The average molecular weight is 506 g/mol. The fourth-order valence-corrected chi connectivity index (χ4v) is 3.30. The molecule has 15 nitrogen and oxygen atoms in total. The molecule has 1 heterocycles. The summed E-state index contributed by atoms with van der Waals surface area (Å²) in [5, 5.41) is 39.4. The molecule has 9 N–H and O–H groups in total. The lowest BCUT2D eigenvalue weighted by Crippen LogP contribution is -2.65. The first-order valence-corrected chi connectivity index (χ1v) is 10.9. The van der Waals surface area contributed by atoms with Crippen molar-refractivity contribution in [1.82, 2.24) is 21.3 Å². The number of rotatable bonds is 12. The Morgan fingerprint density at radius 2 is 1.63 bits per heavy atom. The number of hydrogen-bond acceptors (Lipinski definition) is 10. The molecular formula is C20H35N5O10. The van der Waals surface area contributed by atoms with Gasteiger partial charge in [0, 0.05) is 13.8 Å². The third kappa shape index (κ3) is 9.37. The van der Waals surface area contributed by atoms with E-state index in [0.717, 1.165) is 6.92 Å². The number of aliphatic hydroxyl groups is 3. The Hall–Kier alpha value is -2.85. The first-order valence-electron chi connectivity index (χ1n) is 10.9. The van der Waals surface area contributed by atoms with Crippen molar-refractivity contribution in [1.29, 1.82) is 0 Å². The van der Waals surface area contributed by atoms with E-state index in [1.165, 1.54) is 6.92 Å². The minimum absolute atomic E-state index is 0.345. The van der Waals surface area contributed by atoms with Crippen LogP contribution >= 0.6 is 0 Å². The van der Waals surface area contributed by atoms with Crippen molar-refractivity contribution in [3.05, 3.63) is 0 Å². The van der Waals surface area contributed by atoms with E-state index in [1.54, 1.807) is 13.8 Å². The van der Waals surface area contributed by atoms with Gasteiger partial charge in [0.05, 0.1) is 19.8 Å². The molecule has 0 aliphatic carbocycles. The molecule has 5 amide bonds. The largest absolute Gasteiger partial charge is 0.394 e. The Morgan fingerprint density at radius 3 is 2.11 bits per heavy atom. The molecule has 200 valence electrons. The van der Waals surface area contributed by atoms with Crippen LogP contribution in [0.4, 0.5) is 0 Å². The molecule has 0 unspecified atom stereocenters. The van der Waals surface area contributed by atoms with E-state index in [1.807, 2.05) is 0 Å². The van der Waals surface area contributed by atoms with E-state index >= 15 is 0 Å². The smallest absolute Gasteiger partial charge is 0.245 e. The van der Waals surface area contributed by atoms with Gasteiger partial charge in [-0.05, 0) is 5.92 Å². The lowest BCUT2D eigenvalue weighted by molar-refractivity contribution is -0.271. The Kier molecular flexibility index (Phi) is 12.0. The second-order valence-electron chi connectivity index (χ2n) is 8.43. The number of primary amides is 1. The van der Waals surface area contributed by atoms with E-state index < -0.39 is 92.0 Å². The van der Waals surface area contributed by atoms with Gasteiger partial charge >= 0.3 is 0 Å². The number of nitrogens with one attached hydrogen (secondary N) is 4. The number of aliphatic hydroxyl groups excluding tert-OH is 3. The number of hydrogen-bond donors (Lipinski definition) is 8. The minimum atomic E-state index is -1.59. The van der Waals surface area contributed by atoms with Crippen LogP contribution in [-0.2, 0) is 33.4 Å². The summed E-state index contributed by atoms with van der Waals surface area (Å²) in [6, 6.07) is -3.69. The van der Waals surface area contributed by atoms with Gasteiger partial charge in [-0.1, -0.05) is 13.8 Å². The normalized spacial score (nSPS) is 25.8. The molecule has 0 aromatic carbocycles. The van der Waals surface area contributed by atoms with Gasteiger partial charge in [0.1, 0.15) is 36.4 Å². The molecule has 1 aliphatic rings. The maximum atomic E-state index is 12.8. The zero-order valence-electron chi connectivity index (χ0n) is 20.0. The molecule has 15 heteroatoms. The lowest BCUT2D eigenvalue weighted by Gasteiger charge is -2.42. The average Bonchev–Trinajstić information content (AvgIpc) is 2.76. The predicted octanol–water partition coefficient (Wildman–Crippen LogP) is -4.81. The fourth-order valence-electron chi connectivity index (χ4n) is 3.30. The van der Waals surface area contributed by atoms with E-state index in [4.69, 9.17) is 15.2 Å². The number of nitrogens with two attached hydrogens (primary N) is 1. The fraction of sp³-hybridized carbons (Fsp3) is 0.750. The standard InChI is InChI=1S/C20H35N5O10/c1-8(2)14(23-9(3)27)19(33)25-11(18(32)22-5-13(21)29)7-34-20-15(24-10(4)28)17(31)16(30)12(6-26)35-20/h8,11-12,14-17,20,26,30-31H,5-7H2,1-4H3,(H2,21,29)(H,22,32)(H,23,27)(H,24,28)(H,25,33)/t11-,12+,14-,15+,16+,17+,20+/m0/s1. The maximum Gasteiger partial charge on any atom is 0.245 e. The third-order valence-electron chi connectivity index (χ3n) is 5.06. The summed E-state index contributed by atoms with van der Waals surface area (Å²) in [4.78, 5) is 59.5. The molecule has 0 aromatic heterocycles. The Labute approximate surface area is 202 Å². The van der Waals surface area contributed by atoms with Gasteiger partial charge in [0.2, 0.25) is 29.5 Å². The van der Waals surface area contributed by atoms with Crippen LogP contribution in [-0.4, -0.2) is 107 Å². The lowest BCUT2D eigenvalue weighted by atomic mass is 9.97. The second-order valence-corrected chi connectivity index (χ2v) is 8.43. The Balaban J connectivity index is 3.08. The highest BCUT2D eigenvalue weighted by Gasteiger charge is 2.45. The molecule has 1 aliphatic heterocycles. The number of amides is 5. The predicted molar refractivity (Wildman–Crippen MR) is 118 cm³/mol. The molecular weight excluding hydrogens is 470 g/mol. The molecule has 1 saturated heterocycles. The molecule has 1 rings (SSSR count). The molecule has 0 aromatic rings. The molecule has 7 atom stereocenters. The summed E-state index contributed by atoms with van der Waals surface area (Å²) in [5.41, 5.74) is 5.04. The van der Waals surface area contributed by atoms with Crippen molar-refractivity contribution in [2.75, 3.05) is 19.8 Å². The van der Waals surface area contributed by atoms with Crippen molar-refractivity contribution in [2.24, 2.45) is 11.7 Å². The van der Waals surface area contributed by atoms with Gasteiger partial charge in [-0.2, -0.15) is 0 Å². The van der Waals surface area contributed by atoms with Crippen LogP contribution in [0.25, 0.3) is 0 Å². The zero-order chi connectivity index (χ0) is 26.9. The first-order chi connectivity index (χ1) is 16.3. The first kappa shape index (κ1) is 30.2. The van der Waals surface area contributed by atoms with Crippen molar-refractivity contribution >= 4 is 29.5 Å². The van der Waals surface area contributed by atoms with Gasteiger partial charge in [0.15, 0.2) is 6.29 Å². The van der Waals surface area contributed by atoms with Gasteiger partial charge in [0.25, 0.3) is 0 Å². The van der Waals surface area contributed by atoms with Crippen molar-refractivity contribution in [2.45, 2.75) is 70.4 Å². The highest BCUT2D eigenvalue weighted by molar-refractivity contribution is 5.93. The minimum Gasteiger partial charge on any atom is -0.394 e. The van der Waals surface area contributed by atoms with Crippen molar-refractivity contribution in [3.8, 4) is 0 Å². The van der Waals surface area contributed by atoms with Gasteiger partial charge < -0.3 is 51.8 Å². The monoisotopic (exact) mass is 505 g/mol. The molecule has 0 bridgehead atoms. The summed E-state index contributed by atoms with van der Waals surface area (Å²) >= 11 is 0. The number of ether oxygens (including phenoxy) is 2. The quantitative estimate of drug-likeness (QED) is 0.126. The van der Waals surface area contributed by atoms with Crippen LogP contribution in [0.1, 0.15) is 27.7 Å². The maximum absolute atomic E-state index is 12.8. The Bertz CT molecular complexity index is 779. The summed E-state index contributed by atoms with van der Waals surface area (Å²) < 4.78 is 11.0. The van der Waals surface area contributed by atoms with Crippen LogP contribution in [0.5, 0.6) is 0 Å². The summed E-state index contributed by atoms with van der Waals surface area (Å²) in [7, 11) is 0. The molecule has 35 heavy (non-hydrogen) atoms. The van der Waals surface area contributed by atoms with E-state index in [2.05, 4.69) is 21.3 Å². The Morgan fingerprint density at radius 1 is 1.00 bits per heavy atom. The van der Waals surface area contributed by atoms with Crippen LogP contribution in [0, 0.1) is 5.92 Å². The van der Waals surface area contributed by atoms with Crippen LogP contribution in [0.3, 0.4) is 0 Å². The van der Waals surface area contributed by atoms with Gasteiger partial charge in [-0.25, -0.2) is 0 Å². The third-order valence-corrected chi connectivity index (χ3v) is 5.06. The number of carbonyl (C=O) groups excluding carboxylic acids is 5. The van der Waals surface area contributed by atoms with Crippen molar-refractivity contribution < 1.29 is 48.8 Å². The second kappa shape index (κ2) is 13.9. The van der Waals surface area contributed by atoms with Crippen LogP contribution in [0.2, 0.25) is 0 Å². The number of carbonyl (C=O) groups is 5. The summed E-state index contributed by atoms with van der Waals surface area (Å²) in [6.45, 7) is 3.94. The van der Waals surface area contributed by atoms with E-state index in [9.17, 15) is 39.3 Å². The van der Waals surface area contributed by atoms with Crippen LogP contribution in [0.15, 0.2) is 0 Å². The van der Waals surface area contributed by atoms with E-state index in [0.29, 0.717) is 0 Å². The molecule has 1 fully saturated rings. The summed E-state index contributed by atoms with van der Waals surface area (Å²) in [5.74, 6) is -3.81. The van der Waals surface area contributed by atoms with Gasteiger partial charge in [-0.3, -0.25) is 24.0 Å². The molecule has 0 radical (unpaired) electrons. The topological polar surface area (TPSA) is 239 Å². The SMILES string of the molecule is CC(=O)N[C@H]1[C@H](OC[C@H](NC(=O)[C@@H](NC(C)=O)C(C)C)C(=O)NCC(N)=O)O[C@H](CO)[C@@H](O)[C@@H]1O. The highest BCUT2D eigenvalue weighted by atomic mass is 16.7. The zero-order valence-corrected chi connectivity index (χ0v) is 20.0. The summed E-state index contributed by atoms with van der Waals surface area (Å²) in [6.07, 6.45) is -5.83. The molecule has 0 saturated carbocycles. The van der Waals surface area contributed by atoms with Crippen LogP contribution < -0.4 is 27.0 Å². The van der Waals surface area contributed by atoms with Gasteiger partial charge in [-0.15, -0.1) is 0 Å². The van der Waals surface area contributed by atoms with Crippen molar-refractivity contribution in [3.63, 3.8) is 0 Å².